The van der Waals surface area contributed by atoms with E-state index in [4.69, 9.17) is 9.47 Å². The zero-order valence-electron chi connectivity index (χ0n) is 17.8. The van der Waals surface area contributed by atoms with E-state index >= 15 is 0 Å². The number of hydrogen-bond donors (Lipinski definition) is 5. The lowest BCUT2D eigenvalue weighted by atomic mass is 9.71. The summed E-state index contributed by atoms with van der Waals surface area (Å²) >= 11 is 0. The van der Waals surface area contributed by atoms with Gasteiger partial charge in [-0.3, -0.25) is 19.7 Å². The first-order chi connectivity index (χ1) is 14.6. The Labute approximate surface area is 180 Å². The number of amides is 2. The molecule has 176 valence electrons. The molecule has 9 atom stereocenters. The molecule has 0 aromatic heterocycles. The number of hydrogen-bond acceptors (Lipinski definition) is 9. The second-order valence-electron chi connectivity index (χ2n) is 9.34. The molecule has 3 rings (SSSR count). The topological polar surface area (TPSA) is 163 Å². The number of aliphatic hydroxyl groups is 4. The maximum atomic E-state index is 13.0. The molecule has 2 aliphatic heterocycles. The Morgan fingerprint density at radius 2 is 1.68 bits per heavy atom. The first kappa shape index (κ1) is 24.2. The molecular formula is C21H33NO9. The van der Waals surface area contributed by atoms with Crippen molar-refractivity contribution in [3.63, 3.8) is 0 Å². The van der Waals surface area contributed by atoms with Crippen LogP contribution < -0.4 is 5.32 Å². The van der Waals surface area contributed by atoms with Crippen molar-refractivity contribution >= 4 is 17.6 Å². The molecule has 10 heteroatoms. The molecule has 0 aromatic carbocycles. The van der Waals surface area contributed by atoms with Crippen LogP contribution in [0.1, 0.15) is 46.0 Å². The number of carbonyl (C=O) groups is 3. The van der Waals surface area contributed by atoms with Crippen LogP contribution in [0.3, 0.4) is 0 Å². The van der Waals surface area contributed by atoms with E-state index in [-0.39, 0.29) is 54.6 Å². The van der Waals surface area contributed by atoms with Gasteiger partial charge in [0, 0.05) is 24.7 Å². The van der Waals surface area contributed by atoms with Crippen molar-refractivity contribution in [2.45, 2.75) is 82.8 Å². The molecule has 3 fully saturated rings. The van der Waals surface area contributed by atoms with Crippen LogP contribution in [-0.4, -0.2) is 81.4 Å². The Bertz CT molecular complexity index is 668. The third-order valence-electron chi connectivity index (χ3n) is 6.66. The highest BCUT2D eigenvalue weighted by atomic mass is 16.7. The monoisotopic (exact) mass is 443 g/mol. The molecule has 9 unspecified atom stereocenters. The van der Waals surface area contributed by atoms with Crippen molar-refractivity contribution in [3.05, 3.63) is 0 Å². The van der Waals surface area contributed by atoms with Gasteiger partial charge in [0.15, 0.2) is 6.29 Å². The summed E-state index contributed by atoms with van der Waals surface area (Å²) in [6.07, 6.45) is -6.21. The molecule has 1 saturated carbocycles. The molecule has 0 radical (unpaired) electrons. The molecule has 0 bridgehead atoms. The van der Waals surface area contributed by atoms with E-state index in [1.807, 2.05) is 13.8 Å². The van der Waals surface area contributed by atoms with Gasteiger partial charge in [0.05, 0.1) is 12.7 Å². The fourth-order valence-electron chi connectivity index (χ4n) is 5.08. The number of carbonyl (C=O) groups excluding carboxylic acids is 3. The third-order valence-corrected chi connectivity index (χ3v) is 6.66. The summed E-state index contributed by atoms with van der Waals surface area (Å²) in [5, 5.41) is 42.2. The van der Waals surface area contributed by atoms with Gasteiger partial charge in [-0.1, -0.05) is 13.8 Å². The smallest absolute Gasteiger partial charge is 0.226 e. The van der Waals surface area contributed by atoms with Crippen LogP contribution in [0.5, 0.6) is 0 Å². The lowest BCUT2D eigenvalue weighted by Crippen LogP contribution is -2.60. The van der Waals surface area contributed by atoms with Gasteiger partial charge >= 0.3 is 0 Å². The second kappa shape index (κ2) is 10.0. The highest BCUT2D eigenvalue weighted by Gasteiger charge is 2.47. The van der Waals surface area contributed by atoms with Crippen molar-refractivity contribution in [3.8, 4) is 0 Å². The van der Waals surface area contributed by atoms with Crippen molar-refractivity contribution in [1.29, 1.82) is 0 Å². The predicted molar refractivity (Wildman–Crippen MR) is 105 cm³/mol. The molecule has 10 nitrogen and oxygen atoms in total. The molecule has 0 spiro atoms. The van der Waals surface area contributed by atoms with Crippen LogP contribution in [0, 0.1) is 23.7 Å². The highest BCUT2D eigenvalue weighted by molar-refractivity contribution is 5.97. The quantitative estimate of drug-likeness (QED) is 0.320. The first-order valence-electron chi connectivity index (χ1n) is 10.9. The molecular weight excluding hydrogens is 410 g/mol. The largest absolute Gasteiger partial charge is 0.394 e. The summed E-state index contributed by atoms with van der Waals surface area (Å²) in [5.74, 6) is -1.53. The summed E-state index contributed by atoms with van der Waals surface area (Å²) in [5.41, 5.74) is 0. The summed E-state index contributed by atoms with van der Waals surface area (Å²) in [6, 6.07) is 0. The van der Waals surface area contributed by atoms with Gasteiger partial charge < -0.3 is 29.9 Å². The summed E-state index contributed by atoms with van der Waals surface area (Å²) in [4.78, 5) is 36.6. The van der Waals surface area contributed by atoms with E-state index in [1.165, 1.54) is 0 Å². The first-order valence-corrected chi connectivity index (χ1v) is 10.9. The predicted octanol–water partition coefficient (Wildman–Crippen LogP) is -1.13. The number of aliphatic hydroxyl groups excluding tert-OH is 4. The van der Waals surface area contributed by atoms with Gasteiger partial charge in [-0.2, -0.15) is 0 Å². The van der Waals surface area contributed by atoms with Gasteiger partial charge in [-0.05, 0) is 31.1 Å². The molecule has 5 N–H and O–H groups in total. The van der Waals surface area contributed by atoms with E-state index < -0.39 is 49.3 Å². The molecule has 2 heterocycles. The lowest BCUT2D eigenvalue weighted by molar-refractivity contribution is -0.315. The highest BCUT2D eigenvalue weighted by Crippen LogP contribution is 2.37. The van der Waals surface area contributed by atoms with Crippen molar-refractivity contribution in [2.24, 2.45) is 23.7 Å². The van der Waals surface area contributed by atoms with Crippen LogP contribution >= 0.6 is 0 Å². The van der Waals surface area contributed by atoms with E-state index in [9.17, 15) is 34.8 Å². The molecule has 31 heavy (non-hydrogen) atoms. The SMILES string of the molecule is CC1CC(C)C(=O)C(C(CC2CC(=O)NC(=O)C2)OC2OC(CO)C(O)C(O)C2O)C1. The maximum absolute atomic E-state index is 13.0. The third kappa shape index (κ3) is 5.50. The molecule has 0 aromatic rings. The van der Waals surface area contributed by atoms with E-state index in [0.29, 0.717) is 6.42 Å². The zero-order chi connectivity index (χ0) is 22.9. The number of Topliss-reactive ketones (excluding diaryl/α,β-unsaturated/α-hetero) is 1. The summed E-state index contributed by atoms with van der Waals surface area (Å²) in [6.45, 7) is 3.30. The molecule has 2 saturated heterocycles. The van der Waals surface area contributed by atoms with Crippen LogP contribution in [-0.2, 0) is 23.9 Å². The standard InChI is InChI=1S/C21H33NO9/c1-9-3-10(2)17(26)12(4-9)13(5-11-6-15(24)22-16(25)7-11)30-21-20(29)19(28)18(27)14(8-23)31-21/h9-14,18-21,23,27-29H,3-8H2,1-2H3,(H,22,24,25). The molecule has 3 aliphatic rings. The van der Waals surface area contributed by atoms with E-state index in [0.717, 1.165) is 6.42 Å². The van der Waals surface area contributed by atoms with Crippen LogP contribution in [0.2, 0.25) is 0 Å². The summed E-state index contributed by atoms with van der Waals surface area (Å²) in [7, 11) is 0. The minimum absolute atomic E-state index is 0.0132. The number of ketones is 1. The fourth-order valence-corrected chi connectivity index (χ4v) is 5.08. The lowest BCUT2D eigenvalue weighted by Gasteiger charge is -2.43. The number of piperidine rings is 1. The second-order valence-corrected chi connectivity index (χ2v) is 9.34. The minimum atomic E-state index is -1.60. The number of nitrogens with one attached hydrogen (secondary N) is 1. The Balaban J connectivity index is 1.82. The Hall–Kier alpha value is -1.43. The van der Waals surface area contributed by atoms with E-state index in [1.54, 1.807) is 0 Å². The van der Waals surface area contributed by atoms with Gasteiger partial charge in [0.1, 0.15) is 30.2 Å². The van der Waals surface area contributed by atoms with Crippen LogP contribution in [0.4, 0.5) is 0 Å². The Kier molecular flexibility index (Phi) is 7.82. The van der Waals surface area contributed by atoms with Gasteiger partial charge in [-0.25, -0.2) is 0 Å². The molecule has 1 aliphatic carbocycles. The Morgan fingerprint density at radius 3 is 2.29 bits per heavy atom. The van der Waals surface area contributed by atoms with Gasteiger partial charge in [-0.15, -0.1) is 0 Å². The van der Waals surface area contributed by atoms with Crippen LogP contribution in [0.15, 0.2) is 0 Å². The van der Waals surface area contributed by atoms with Crippen molar-refractivity contribution in [1.82, 2.24) is 5.32 Å². The number of imide groups is 1. The van der Waals surface area contributed by atoms with E-state index in [2.05, 4.69) is 5.32 Å². The average Bonchev–Trinajstić information content (AvgIpc) is 2.69. The summed E-state index contributed by atoms with van der Waals surface area (Å²) < 4.78 is 11.5. The van der Waals surface area contributed by atoms with Crippen molar-refractivity contribution < 1.29 is 44.3 Å². The number of rotatable bonds is 6. The van der Waals surface area contributed by atoms with Crippen molar-refractivity contribution in [2.75, 3.05) is 6.61 Å². The zero-order valence-corrected chi connectivity index (χ0v) is 17.8. The van der Waals surface area contributed by atoms with Gasteiger partial charge in [0.25, 0.3) is 0 Å². The maximum Gasteiger partial charge on any atom is 0.226 e. The average molecular weight is 443 g/mol. The minimum Gasteiger partial charge on any atom is -0.394 e. The van der Waals surface area contributed by atoms with Gasteiger partial charge in [0.2, 0.25) is 11.8 Å². The number of ether oxygens (including phenoxy) is 2. The Morgan fingerprint density at radius 1 is 1.03 bits per heavy atom. The molecule has 2 amide bonds. The normalized spacial score (nSPS) is 41.2. The van der Waals surface area contributed by atoms with Crippen LogP contribution in [0.25, 0.3) is 0 Å². The fraction of sp³-hybridized carbons (Fsp3) is 0.857.